The molecular weight excluding hydrogens is 268 g/mol. The van der Waals surface area contributed by atoms with Gasteiger partial charge < -0.3 is 14.5 Å². The van der Waals surface area contributed by atoms with E-state index in [2.05, 4.69) is 21.4 Å². The van der Waals surface area contributed by atoms with E-state index < -0.39 is 5.60 Å². The number of hydrogen-bond acceptors (Lipinski definition) is 5. The molecule has 114 valence electrons. The number of amides is 1. The molecule has 0 atom stereocenters. The molecule has 1 aromatic heterocycles. The molecule has 0 bridgehead atoms. The van der Waals surface area contributed by atoms with Gasteiger partial charge in [0.05, 0.1) is 0 Å². The third-order valence-corrected chi connectivity index (χ3v) is 3.17. The molecule has 0 saturated carbocycles. The van der Waals surface area contributed by atoms with Crippen molar-refractivity contribution in [2.24, 2.45) is 0 Å². The number of ether oxygens (including phenoxy) is 1. The first kappa shape index (κ1) is 15.3. The van der Waals surface area contributed by atoms with Crippen molar-refractivity contribution in [3.8, 4) is 0 Å². The Kier molecular flexibility index (Phi) is 4.45. The van der Waals surface area contributed by atoms with Crippen molar-refractivity contribution in [1.29, 1.82) is 0 Å². The maximum atomic E-state index is 12.0. The molecule has 2 heterocycles. The number of carbonyl (C=O) groups is 1. The van der Waals surface area contributed by atoms with Crippen LogP contribution in [0.25, 0.3) is 6.08 Å². The lowest BCUT2D eigenvalue weighted by molar-refractivity contribution is 0.0240. The van der Waals surface area contributed by atoms with E-state index in [4.69, 9.17) is 4.74 Å². The minimum atomic E-state index is -0.461. The maximum Gasteiger partial charge on any atom is 0.410 e. The lowest BCUT2D eigenvalue weighted by Crippen LogP contribution is -2.50. The standard InChI is InChI=1S/C15H22N4O2/c1-5-12-10-16-11-17-13(12)18-6-8-19(9-7-18)14(20)21-15(2,3)4/h5,10-11H,1,6-9H2,2-4H3. The largest absolute Gasteiger partial charge is 0.444 e. The highest BCUT2D eigenvalue weighted by Crippen LogP contribution is 2.19. The molecule has 21 heavy (non-hydrogen) atoms. The van der Waals surface area contributed by atoms with E-state index in [1.54, 1.807) is 17.2 Å². The third kappa shape index (κ3) is 3.93. The van der Waals surface area contributed by atoms with Gasteiger partial charge in [0.25, 0.3) is 0 Å². The van der Waals surface area contributed by atoms with Crippen LogP contribution >= 0.6 is 0 Å². The molecule has 1 amide bonds. The zero-order chi connectivity index (χ0) is 15.5. The van der Waals surface area contributed by atoms with Crippen molar-refractivity contribution >= 4 is 18.0 Å². The molecule has 2 rings (SSSR count). The summed E-state index contributed by atoms with van der Waals surface area (Å²) in [6.07, 6.45) is 4.77. The SMILES string of the molecule is C=Cc1cncnc1N1CCN(C(=O)OC(C)(C)C)CC1. The van der Waals surface area contributed by atoms with Crippen LogP contribution in [0.3, 0.4) is 0 Å². The summed E-state index contributed by atoms with van der Waals surface area (Å²) in [7, 11) is 0. The Morgan fingerprint density at radius 1 is 1.33 bits per heavy atom. The molecule has 1 saturated heterocycles. The van der Waals surface area contributed by atoms with Crippen LogP contribution in [-0.4, -0.2) is 52.7 Å². The summed E-state index contributed by atoms with van der Waals surface area (Å²) in [6, 6.07) is 0. The second-order valence-electron chi connectivity index (χ2n) is 5.96. The highest BCUT2D eigenvalue weighted by molar-refractivity contribution is 5.69. The van der Waals surface area contributed by atoms with Gasteiger partial charge in [-0.25, -0.2) is 14.8 Å². The Bertz CT molecular complexity index is 517. The van der Waals surface area contributed by atoms with Gasteiger partial charge in [0.2, 0.25) is 0 Å². The lowest BCUT2D eigenvalue weighted by atomic mass is 10.2. The summed E-state index contributed by atoms with van der Waals surface area (Å²) in [5.74, 6) is 0.865. The normalized spacial score (nSPS) is 15.8. The second-order valence-corrected chi connectivity index (χ2v) is 5.96. The van der Waals surface area contributed by atoms with Crippen molar-refractivity contribution in [3.05, 3.63) is 24.7 Å². The number of aromatic nitrogens is 2. The van der Waals surface area contributed by atoms with Crippen molar-refractivity contribution in [2.75, 3.05) is 31.1 Å². The number of rotatable bonds is 2. The van der Waals surface area contributed by atoms with E-state index in [0.717, 1.165) is 24.5 Å². The minimum absolute atomic E-state index is 0.256. The van der Waals surface area contributed by atoms with Gasteiger partial charge in [0.1, 0.15) is 17.7 Å². The third-order valence-electron chi connectivity index (χ3n) is 3.17. The Morgan fingerprint density at radius 3 is 2.57 bits per heavy atom. The van der Waals surface area contributed by atoms with Gasteiger partial charge in [-0.2, -0.15) is 0 Å². The quantitative estimate of drug-likeness (QED) is 0.835. The molecule has 6 nitrogen and oxygen atoms in total. The van der Waals surface area contributed by atoms with E-state index in [0.29, 0.717) is 13.1 Å². The van der Waals surface area contributed by atoms with Crippen LogP contribution in [0.4, 0.5) is 10.6 Å². The average Bonchev–Trinajstić information content (AvgIpc) is 2.45. The maximum absolute atomic E-state index is 12.0. The first-order valence-corrected chi connectivity index (χ1v) is 7.06. The molecular formula is C15H22N4O2. The van der Waals surface area contributed by atoms with Gasteiger partial charge in [-0.15, -0.1) is 0 Å². The van der Waals surface area contributed by atoms with Gasteiger partial charge in [0, 0.05) is 37.9 Å². The number of anilines is 1. The predicted molar refractivity (Wildman–Crippen MR) is 82.1 cm³/mol. The van der Waals surface area contributed by atoms with Crippen LogP contribution in [0, 0.1) is 0 Å². The van der Waals surface area contributed by atoms with Crippen LogP contribution < -0.4 is 4.90 Å². The molecule has 0 N–H and O–H groups in total. The lowest BCUT2D eigenvalue weighted by Gasteiger charge is -2.36. The van der Waals surface area contributed by atoms with E-state index in [1.165, 1.54) is 6.33 Å². The molecule has 1 fully saturated rings. The highest BCUT2D eigenvalue weighted by atomic mass is 16.6. The molecule has 1 aliphatic rings. The zero-order valence-electron chi connectivity index (χ0n) is 12.9. The fourth-order valence-electron chi connectivity index (χ4n) is 2.17. The Labute approximate surface area is 125 Å². The number of hydrogen-bond donors (Lipinski definition) is 0. The molecule has 0 aromatic carbocycles. The van der Waals surface area contributed by atoms with Crippen LogP contribution in [0.5, 0.6) is 0 Å². The Morgan fingerprint density at radius 2 is 2.00 bits per heavy atom. The molecule has 6 heteroatoms. The number of nitrogens with zero attached hydrogens (tertiary/aromatic N) is 4. The summed E-state index contributed by atoms with van der Waals surface area (Å²) >= 11 is 0. The topological polar surface area (TPSA) is 58.6 Å². The molecule has 0 radical (unpaired) electrons. The summed E-state index contributed by atoms with van der Waals surface area (Å²) in [5, 5.41) is 0. The van der Waals surface area contributed by atoms with Gasteiger partial charge in [0.15, 0.2) is 0 Å². The summed E-state index contributed by atoms with van der Waals surface area (Å²) < 4.78 is 5.39. The number of piperazine rings is 1. The molecule has 0 spiro atoms. The predicted octanol–water partition coefficient (Wildman–Crippen LogP) is 2.18. The molecule has 0 aliphatic carbocycles. The molecule has 1 aromatic rings. The minimum Gasteiger partial charge on any atom is -0.444 e. The Balaban J connectivity index is 1.97. The van der Waals surface area contributed by atoms with Crippen LogP contribution in [0.15, 0.2) is 19.1 Å². The summed E-state index contributed by atoms with van der Waals surface area (Å²) in [5.41, 5.74) is 0.444. The average molecular weight is 290 g/mol. The van der Waals surface area contributed by atoms with Crippen LogP contribution in [0.1, 0.15) is 26.3 Å². The van der Waals surface area contributed by atoms with Gasteiger partial charge in [-0.3, -0.25) is 0 Å². The first-order chi connectivity index (χ1) is 9.90. The fraction of sp³-hybridized carbons (Fsp3) is 0.533. The summed E-state index contributed by atoms with van der Waals surface area (Å²) in [6.45, 7) is 12.1. The van der Waals surface area contributed by atoms with E-state index in [9.17, 15) is 4.79 Å². The molecule has 1 aliphatic heterocycles. The van der Waals surface area contributed by atoms with E-state index in [1.807, 2.05) is 20.8 Å². The van der Waals surface area contributed by atoms with Crippen molar-refractivity contribution in [3.63, 3.8) is 0 Å². The van der Waals surface area contributed by atoms with Gasteiger partial charge in [-0.1, -0.05) is 12.7 Å². The van der Waals surface area contributed by atoms with Crippen molar-refractivity contribution < 1.29 is 9.53 Å². The Hall–Kier alpha value is -2.11. The second kappa shape index (κ2) is 6.11. The zero-order valence-corrected chi connectivity index (χ0v) is 12.9. The molecule has 0 unspecified atom stereocenters. The smallest absolute Gasteiger partial charge is 0.410 e. The van der Waals surface area contributed by atoms with Gasteiger partial charge >= 0.3 is 6.09 Å². The first-order valence-electron chi connectivity index (χ1n) is 7.06. The van der Waals surface area contributed by atoms with Crippen LogP contribution in [0.2, 0.25) is 0 Å². The van der Waals surface area contributed by atoms with Gasteiger partial charge in [-0.05, 0) is 20.8 Å². The number of carbonyl (C=O) groups excluding carboxylic acids is 1. The van der Waals surface area contributed by atoms with Crippen LogP contribution in [-0.2, 0) is 4.74 Å². The van der Waals surface area contributed by atoms with Crippen molar-refractivity contribution in [1.82, 2.24) is 14.9 Å². The van der Waals surface area contributed by atoms with E-state index in [-0.39, 0.29) is 6.09 Å². The highest BCUT2D eigenvalue weighted by Gasteiger charge is 2.26. The fourth-order valence-corrected chi connectivity index (χ4v) is 2.17. The van der Waals surface area contributed by atoms with Crippen molar-refractivity contribution in [2.45, 2.75) is 26.4 Å². The summed E-state index contributed by atoms with van der Waals surface area (Å²) in [4.78, 5) is 24.2. The van der Waals surface area contributed by atoms with E-state index >= 15 is 0 Å². The monoisotopic (exact) mass is 290 g/mol.